The van der Waals surface area contributed by atoms with E-state index in [0.29, 0.717) is 0 Å². The first-order chi connectivity index (χ1) is 53.7. The molecule has 0 aliphatic carbocycles. The van der Waals surface area contributed by atoms with Crippen molar-refractivity contribution in [2.24, 2.45) is 0 Å². The average Bonchev–Trinajstić information content (AvgIpc) is 1.66. The smallest absolute Gasteiger partial charge is 0.297 e. The van der Waals surface area contributed by atoms with Gasteiger partial charge in [-0.05, 0) is 236 Å². The number of rotatable bonds is 4. The Hall–Kier alpha value is -9.95. The lowest BCUT2D eigenvalue weighted by molar-refractivity contribution is 0.589. The van der Waals surface area contributed by atoms with Gasteiger partial charge in [-0.3, -0.25) is 0 Å². The molecule has 3 aromatic heterocycles. The summed E-state index contributed by atoms with van der Waals surface area (Å²) in [6.07, 6.45) is 0. The highest BCUT2D eigenvalue weighted by molar-refractivity contribution is 7.33. The molecule has 115 heavy (non-hydrogen) atoms. The summed E-state index contributed by atoms with van der Waals surface area (Å²) in [4.78, 5) is 10.3. The van der Waals surface area contributed by atoms with Gasteiger partial charge in [-0.1, -0.05) is 284 Å². The largest absolute Gasteiger partial charge is 0.468 e. The molecular weight excluding hydrogens is 1410 g/mol. The minimum atomic E-state index is -0.116. The molecule has 0 radical (unpaired) electrons. The maximum absolute atomic E-state index is 7.22. The van der Waals surface area contributed by atoms with Crippen LogP contribution in [-0.2, 0) is 48.7 Å². The summed E-state index contributed by atoms with van der Waals surface area (Å²) in [5, 5.41) is 4.80. The van der Waals surface area contributed by atoms with Gasteiger partial charge < -0.3 is 28.4 Å². The second-order valence-corrected chi connectivity index (χ2v) is 43.9. The van der Waals surface area contributed by atoms with E-state index in [9.17, 15) is 0 Å². The van der Waals surface area contributed by atoms with Crippen molar-refractivity contribution in [1.82, 2.24) is 0 Å². The predicted octanol–water partition coefficient (Wildman–Crippen LogP) is 27.1. The highest BCUT2D eigenvalue weighted by Crippen LogP contribution is 2.55. The van der Waals surface area contributed by atoms with Gasteiger partial charge in [0, 0.05) is 76.8 Å². The van der Waals surface area contributed by atoms with Crippen LogP contribution in [0.1, 0.15) is 237 Å². The van der Waals surface area contributed by atoms with Crippen LogP contribution in [0.15, 0.2) is 221 Å². The van der Waals surface area contributed by atoms with Gasteiger partial charge in [-0.2, -0.15) is 0 Å². The van der Waals surface area contributed by atoms with Gasteiger partial charge in [0.2, 0.25) is 0 Å². The molecule has 9 heteroatoms. The monoisotopic (exact) mass is 1530 g/mol. The van der Waals surface area contributed by atoms with Crippen molar-refractivity contribution in [3.8, 4) is 0 Å². The summed E-state index contributed by atoms with van der Waals surface area (Å²) >= 11 is 1.97. The number of furan rings is 2. The minimum Gasteiger partial charge on any atom is -0.468 e. The van der Waals surface area contributed by atoms with Crippen LogP contribution >= 0.6 is 11.3 Å². The molecule has 0 saturated heterocycles. The highest BCUT2D eigenvalue weighted by atomic mass is 32.1. The molecule has 6 nitrogen and oxygen atoms in total. The Bertz CT molecular complexity index is 6220. The van der Waals surface area contributed by atoms with Crippen LogP contribution < -0.4 is 51.9 Å². The van der Waals surface area contributed by atoms with Crippen molar-refractivity contribution < 1.29 is 8.83 Å². The van der Waals surface area contributed by atoms with Gasteiger partial charge in [-0.25, -0.2) is 0 Å². The molecule has 4 aliphatic heterocycles. The quantitative estimate of drug-likeness (QED) is 0.164. The molecule has 0 spiro atoms. The van der Waals surface area contributed by atoms with Gasteiger partial charge in [-0.15, -0.1) is 11.3 Å². The van der Waals surface area contributed by atoms with E-state index >= 15 is 0 Å². The maximum atomic E-state index is 7.22. The normalized spacial score (nSPS) is 14.5. The number of benzene rings is 11. The zero-order valence-electron chi connectivity index (χ0n) is 73.4. The zero-order chi connectivity index (χ0) is 82.0. The van der Waals surface area contributed by atoms with Crippen molar-refractivity contribution in [2.45, 2.75) is 236 Å². The van der Waals surface area contributed by atoms with E-state index < -0.39 is 0 Å². The first-order valence-corrected chi connectivity index (χ1v) is 42.8. The lowest BCUT2D eigenvalue weighted by atomic mass is 9.35. The summed E-state index contributed by atoms with van der Waals surface area (Å²) in [6, 6.07) is 81.7. The lowest BCUT2D eigenvalue weighted by Gasteiger charge is -2.44. The first-order valence-electron chi connectivity index (χ1n) is 41.9. The summed E-state index contributed by atoms with van der Waals surface area (Å²) in [6.45, 7) is 62.4. The fraction of sp³-hybridized carbons (Fsp3) is 0.340. The fourth-order valence-electron chi connectivity index (χ4n) is 18.0. The Morgan fingerprint density at radius 3 is 1.05 bits per heavy atom. The molecule has 0 fully saturated rings. The highest BCUT2D eigenvalue weighted by Gasteiger charge is 2.50. The van der Waals surface area contributed by atoms with Gasteiger partial charge >= 0.3 is 0 Å². The van der Waals surface area contributed by atoms with E-state index in [2.05, 4.69) is 419 Å². The van der Waals surface area contributed by atoms with Crippen LogP contribution in [0.5, 0.6) is 0 Å². The van der Waals surface area contributed by atoms with Gasteiger partial charge in [0.1, 0.15) is 16.7 Å². The summed E-state index contributed by atoms with van der Waals surface area (Å²) in [7, 11) is 0. The van der Waals surface area contributed by atoms with Gasteiger partial charge in [0.15, 0.2) is 0 Å². The second kappa shape index (κ2) is 26.3. The number of hydrogen-bond donors (Lipinski definition) is 0. The Balaban J connectivity index is 0.000000166. The zero-order valence-corrected chi connectivity index (χ0v) is 74.2. The predicted molar refractivity (Wildman–Crippen MR) is 502 cm³/mol. The number of anilines is 12. The van der Waals surface area contributed by atoms with Gasteiger partial charge in [0.25, 0.3) is 13.4 Å². The van der Waals surface area contributed by atoms with E-state index in [1.807, 2.05) is 11.3 Å². The molecule has 0 amide bonds. The number of nitrogens with zero attached hydrogens (tertiary/aromatic N) is 4. The molecule has 14 aromatic rings. The minimum absolute atomic E-state index is 0.00969. The van der Waals surface area contributed by atoms with Crippen LogP contribution in [0.25, 0.3) is 43.0 Å². The number of hydrogen-bond acceptors (Lipinski definition) is 7. The van der Waals surface area contributed by atoms with Crippen molar-refractivity contribution in [1.29, 1.82) is 0 Å². The number of para-hydroxylation sites is 1. The molecule has 18 rings (SSSR count). The molecular formula is C106H116B2N4O2S. The van der Waals surface area contributed by atoms with Crippen molar-refractivity contribution in [3.63, 3.8) is 0 Å². The molecule has 11 aromatic carbocycles. The van der Waals surface area contributed by atoms with Crippen LogP contribution in [0.3, 0.4) is 0 Å². The average molecular weight is 1530 g/mol. The van der Waals surface area contributed by atoms with Crippen molar-refractivity contribution >= 4 is 168 Å². The van der Waals surface area contributed by atoms with E-state index in [-0.39, 0.29) is 62.2 Å². The third-order valence-corrected chi connectivity index (χ3v) is 26.3. The lowest BCUT2D eigenvalue weighted by Crippen LogP contribution is -2.61. The standard InChI is InChI=1S/C54H55BN2OS.C52H61BN2O/c1-51(2,3)32-17-22-36(23-18-32)56-41-30-35(54(10,11)12)31-42-47(41)55(50-48(56)39-29-34(53(7,8)9)21-28-45(39)59-50)40-26-27-44-46(38-15-13-14-16-43(38)58-44)49(40)57(42)37-24-19-33(20-25-37)52(4,5)6;1-48(2,3)32-16-22-37(23-17-32)54-41-29-35(51(10,11)12)20-26-40(41)53-45-42(54)30-36(52(13,14)15)31-43(45)55(38-24-18-33(19-25-38)49(4,5)6)46-39-28-34(50(7,8)9)21-27-44(39)56-47(46)53/h13-31H,1-12H3;16-31H,1-15H3. The van der Waals surface area contributed by atoms with E-state index in [0.717, 1.165) is 50.2 Å². The van der Waals surface area contributed by atoms with E-state index in [4.69, 9.17) is 8.83 Å². The third kappa shape index (κ3) is 13.2. The van der Waals surface area contributed by atoms with Crippen molar-refractivity contribution in [2.75, 3.05) is 19.6 Å². The van der Waals surface area contributed by atoms with Crippen LogP contribution in [0, 0.1) is 0 Å². The summed E-state index contributed by atoms with van der Waals surface area (Å²) in [5.74, 6) is 0. The van der Waals surface area contributed by atoms with Crippen LogP contribution in [0.4, 0.5) is 68.2 Å². The second-order valence-electron chi connectivity index (χ2n) is 42.8. The van der Waals surface area contributed by atoms with Crippen molar-refractivity contribution in [3.05, 3.63) is 262 Å². The van der Waals surface area contributed by atoms with E-state index in [1.54, 1.807) is 0 Å². The molecule has 0 bridgehead atoms. The Morgan fingerprint density at radius 2 is 0.591 bits per heavy atom. The Labute approximate surface area is 690 Å². The molecule has 0 saturated carbocycles. The molecule has 0 atom stereocenters. The molecule has 4 aliphatic rings. The van der Waals surface area contributed by atoms with Gasteiger partial charge in [0.05, 0.1) is 28.1 Å². The SMILES string of the molecule is CC(C)(C)c1ccc(N2c3cc(C(C)(C)C)cc4c3B(c3ccc5oc6ccccc6c5c3N4c3ccc(C(C)(C)C)cc3)c3sc4ccc(C(C)(C)C)cc4c32)cc1.CC(C)(C)c1ccc(N2c3cc(C(C)(C)C)ccc3B3c4oc5ccc(C(C)(C)C)cc5c4N(c4ccc(C(C)(C)C)cc4)c4cc(C(C)(C)C)cc2c43)cc1. The molecule has 7 heterocycles. The van der Waals surface area contributed by atoms with Crippen LogP contribution in [-0.4, -0.2) is 13.4 Å². The summed E-state index contributed by atoms with van der Waals surface area (Å²) < 4.78 is 16.6. The maximum Gasteiger partial charge on any atom is 0.297 e. The molecule has 0 unspecified atom stereocenters. The molecule has 584 valence electrons. The summed E-state index contributed by atoms with van der Waals surface area (Å²) in [5.41, 5.74) is 35.3. The molecule has 0 N–H and O–H groups in total. The first kappa shape index (κ1) is 77.6. The Kier molecular flexibility index (Phi) is 17.7. The van der Waals surface area contributed by atoms with Crippen LogP contribution in [0.2, 0.25) is 0 Å². The number of thiophene rings is 1. The third-order valence-electron chi connectivity index (χ3n) is 25.1. The Morgan fingerprint density at radius 1 is 0.252 bits per heavy atom. The number of fused-ring (bicyclic) bond motifs is 16. The van der Waals surface area contributed by atoms with E-state index in [1.165, 1.54) is 143 Å². The fourth-order valence-corrected chi connectivity index (χ4v) is 19.3. The topological polar surface area (TPSA) is 39.2 Å².